The highest BCUT2D eigenvalue weighted by Gasteiger charge is 2.30. The van der Waals surface area contributed by atoms with Crippen LogP contribution in [0.4, 0.5) is 0 Å². The Labute approximate surface area is 511 Å². The van der Waals surface area contributed by atoms with Crippen molar-refractivity contribution in [2.45, 2.75) is 331 Å². The molecule has 19 heteroatoms. The van der Waals surface area contributed by atoms with E-state index in [1.165, 1.54) is 103 Å². The second-order valence-electron chi connectivity index (χ2n) is 24.9. The third kappa shape index (κ3) is 56.6. The van der Waals surface area contributed by atoms with Crippen LogP contribution in [0.5, 0.6) is 0 Å². The lowest BCUT2D eigenvalue weighted by Crippen LogP contribution is -2.30. The molecule has 0 aliphatic heterocycles. The van der Waals surface area contributed by atoms with Gasteiger partial charge in [0.15, 0.2) is 12.2 Å². The van der Waals surface area contributed by atoms with E-state index in [4.69, 9.17) is 37.0 Å². The first-order valence-corrected chi connectivity index (χ1v) is 36.8. The van der Waals surface area contributed by atoms with Crippen LogP contribution >= 0.6 is 15.6 Å². The average Bonchev–Trinajstić information content (AvgIpc) is 3.49. The van der Waals surface area contributed by atoms with E-state index in [1.54, 1.807) is 0 Å². The summed E-state index contributed by atoms with van der Waals surface area (Å²) in [5.41, 5.74) is 0. The Kier molecular flexibility index (Phi) is 53.9. The number of carbonyl (C=O) groups excluding carboxylic acids is 4. The average molecular weight is 1240 g/mol. The number of phosphoric ester groups is 2. The first kappa shape index (κ1) is 82.1. The molecule has 4 unspecified atom stereocenters. The van der Waals surface area contributed by atoms with E-state index in [2.05, 4.69) is 55.4 Å². The van der Waals surface area contributed by atoms with Gasteiger partial charge in [0.25, 0.3) is 0 Å². The summed E-state index contributed by atoms with van der Waals surface area (Å²) >= 11 is 0. The summed E-state index contributed by atoms with van der Waals surface area (Å²) in [6.07, 6.45) is 34.9. The van der Waals surface area contributed by atoms with Gasteiger partial charge in [-0.05, 0) is 49.4 Å². The number of phosphoric acid groups is 2. The smallest absolute Gasteiger partial charge is 0.462 e. The quantitative estimate of drug-likeness (QED) is 0.0222. The van der Waals surface area contributed by atoms with E-state index in [0.717, 1.165) is 120 Å². The maximum absolute atomic E-state index is 13.0. The maximum Gasteiger partial charge on any atom is 0.472 e. The van der Waals surface area contributed by atoms with E-state index in [1.807, 2.05) is 0 Å². The normalized spacial score (nSPS) is 15.1. The topological polar surface area (TPSA) is 237 Å². The van der Waals surface area contributed by atoms with Crippen LogP contribution in [-0.4, -0.2) is 96.7 Å². The van der Waals surface area contributed by atoms with Crippen molar-refractivity contribution in [1.82, 2.24) is 0 Å². The summed E-state index contributed by atoms with van der Waals surface area (Å²) in [6, 6.07) is 0. The van der Waals surface area contributed by atoms with Gasteiger partial charge in [-0.25, -0.2) is 9.13 Å². The molecule has 498 valence electrons. The zero-order valence-corrected chi connectivity index (χ0v) is 56.3. The molecule has 0 aromatic heterocycles. The first-order valence-electron chi connectivity index (χ1n) is 33.8. The van der Waals surface area contributed by atoms with Crippen LogP contribution < -0.4 is 0 Å². The van der Waals surface area contributed by atoms with Gasteiger partial charge in [0.1, 0.15) is 19.3 Å². The molecule has 84 heavy (non-hydrogen) atoms. The van der Waals surface area contributed by atoms with Crippen LogP contribution in [0.3, 0.4) is 0 Å². The van der Waals surface area contributed by atoms with Crippen LogP contribution in [-0.2, 0) is 65.4 Å². The molecule has 0 amide bonds. The highest BCUT2D eigenvalue weighted by atomic mass is 31.2. The Morgan fingerprint density at radius 2 is 0.571 bits per heavy atom. The Morgan fingerprint density at radius 3 is 0.845 bits per heavy atom. The van der Waals surface area contributed by atoms with Crippen molar-refractivity contribution >= 4 is 39.5 Å². The van der Waals surface area contributed by atoms with Gasteiger partial charge in [-0.1, -0.05) is 261 Å². The molecule has 3 N–H and O–H groups in total. The number of rotatable bonds is 62. The summed E-state index contributed by atoms with van der Waals surface area (Å²) in [7, 11) is -9.89. The van der Waals surface area contributed by atoms with Crippen molar-refractivity contribution in [2.75, 3.05) is 39.6 Å². The summed E-state index contributed by atoms with van der Waals surface area (Å²) < 4.78 is 68.0. The predicted octanol–water partition coefficient (Wildman–Crippen LogP) is 17.8. The molecular weight excluding hydrogens is 1110 g/mol. The van der Waals surface area contributed by atoms with Gasteiger partial charge < -0.3 is 33.8 Å². The lowest BCUT2D eigenvalue weighted by molar-refractivity contribution is -0.161. The van der Waals surface area contributed by atoms with Crippen LogP contribution in [0.1, 0.15) is 312 Å². The number of aliphatic hydroxyl groups excluding tert-OH is 1. The van der Waals surface area contributed by atoms with Gasteiger partial charge in [0, 0.05) is 25.7 Å². The summed E-state index contributed by atoms with van der Waals surface area (Å²) in [4.78, 5) is 72.3. The molecule has 0 fully saturated rings. The summed E-state index contributed by atoms with van der Waals surface area (Å²) in [5.74, 6) is 0.802. The number of esters is 4. The second kappa shape index (κ2) is 55.2. The van der Waals surface area contributed by atoms with Gasteiger partial charge in [0.2, 0.25) is 0 Å². The van der Waals surface area contributed by atoms with Crippen molar-refractivity contribution in [1.29, 1.82) is 0 Å². The maximum atomic E-state index is 13.0. The van der Waals surface area contributed by atoms with Crippen LogP contribution in [0.2, 0.25) is 0 Å². The monoisotopic (exact) mass is 1240 g/mol. The van der Waals surface area contributed by atoms with Crippen molar-refractivity contribution < 1.29 is 80.2 Å². The lowest BCUT2D eigenvalue weighted by Gasteiger charge is -2.21. The lowest BCUT2D eigenvalue weighted by atomic mass is 9.99. The molecule has 0 aromatic carbocycles. The summed E-state index contributed by atoms with van der Waals surface area (Å²) in [5, 5.41) is 10.5. The number of carbonyl (C=O) groups is 4. The summed E-state index contributed by atoms with van der Waals surface area (Å²) in [6.45, 7) is 14.0. The van der Waals surface area contributed by atoms with E-state index < -0.39 is 97.5 Å². The molecule has 0 saturated heterocycles. The number of hydrogen-bond donors (Lipinski definition) is 3. The molecule has 0 spiro atoms. The predicted molar refractivity (Wildman–Crippen MR) is 335 cm³/mol. The van der Waals surface area contributed by atoms with E-state index >= 15 is 0 Å². The van der Waals surface area contributed by atoms with Crippen LogP contribution in [0, 0.1) is 23.7 Å². The Morgan fingerprint density at radius 1 is 0.333 bits per heavy atom. The van der Waals surface area contributed by atoms with Gasteiger partial charge in [0.05, 0.1) is 26.4 Å². The third-order valence-electron chi connectivity index (χ3n) is 15.5. The minimum Gasteiger partial charge on any atom is -0.462 e. The molecule has 0 aliphatic rings. The Hall–Kier alpha value is -1.94. The fourth-order valence-electron chi connectivity index (χ4n) is 9.54. The van der Waals surface area contributed by atoms with Crippen molar-refractivity contribution in [3.05, 3.63) is 0 Å². The van der Waals surface area contributed by atoms with Crippen LogP contribution in [0.25, 0.3) is 0 Å². The highest BCUT2D eigenvalue weighted by Crippen LogP contribution is 2.45. The molecule has 0 bridgehead atoms. The van der Waals surface area contributed by atoms with Crippen molar-refractivity contribution in [2.24, 2.45) is 23.7 Å². The Balaban J connectivity index is 5.27. The number of unbranched alkanes of at least 4 members (excludes halogenated alkanes) is 26. The number of aliphatic hydroxyl groups is 1. The van der Waals surface area contributed by atoms with Crippen molar-refractivity contribution in [3.63, 3.8) is 0 Å². The molecule has 0 saturated carbocycles. The molecule has 0 heterocycles. The SMILES string of the molecule is CCC(C)CCCCCCCCCCC(=O)O[C@H](COC(=O)CCCCCCCCCC(C)C)COP(=O)(O)OC[C@@H](O)COP(=O)(O)OC[C@@H](COC(=O)CCCCCCCCC(C)CC)OC(=O)CCCCCCCCCCCC(C)C. The molecule has 0 radical (unpaired) electrons. The number of hydrogen-bond acceptors (Lipinski definition) is 15. The van der Waals surface area contributed by atoms with Gasteiger partial charge in [-0.15, -0.1) is 0 Å². The van der Waals surface area contributed by atoms with Gasteiger partial charge in [-0.2, -0.15) is 0 Å². The standard InChI is InChI=1S/C65H126O17P2/c1-9-57(7)43-35-27-19-14-15-21-32-40-48-65(70)82-60(51-75-62(67)45-37-29-22-16-18-26-34-42-56(5)6)53-79-83(71,72)77-49-59(66)50-78-84(73,74)80-54-61(52-76-63(68)46-38-30-24-23-28-36-44-58(8)10-2)81-64(69)47-39-31-20-13-11-12-17-25-33-41-55(3)4/h55-61,66H,9-54H2,1-8H3,(H,71,72)(H,73,74)/t57?,58?,59-,60-,61-/m1/s1. The molecular formula is C65H126O17P2. The fourth-order valence-corrected chi connectivity index (χ4v) is 11.1. The molecule has 7 atom stereocenters. The minimum absolute atomic E-state index is 0.103. The van der Waals surface area contributed by atoms with Crippen LogP contribution in [0.15, 0.2) is 0 Å². The Bertz CT molecular complexity index is 1680. The molecule has 0 aliphatic carbocycles. The number of ether oxygens (including phenoxy) is 4. The molecule has 17 nitrogen and oxygen atoms in total. The fraction of sp³-hybridized carbons (Fsp3) is 0.938. The minimum atomic E-state index is -4.95. The highest BCUT2D eigenvalue weighted by molar-refractivity contribution is 7.47. The zero-order valence-electron chi connectivity index (χ0n) is 54.5. The van der Waals surface area contributed by atoms with Crippen molar-refractivity contribution in [3.8, 4) is 0 Å². The largest absolute Gasteiger partial charge is 0.472 e. The van der Waals surface area contributed by atoms with E-state index in [9.17, 15) is 43.2 Å². The zero-order chi connectivity index (χ0) is 62.5. The first-order chi connectivity index (χ1) is 40.2. The van der Waals surface area contributed by atoms with E-state index in [0.29, 0.717) is 31.6 Å². The van der Waals surface area contributed by atoms with Gasteiger partial charge in [-0.3, -0.25) is 37.3 Å². The molecule has 0 rings (SSSR count). The van der Waals surface area contributed by atoms with Gasteiger partial charge >= 0.3 is 39.5 Å². The van der Waals surface area contributed by atoms with E-state index in [-0.39, 0.29) is 25.7 Å². The third-order valence-corrected chi connectivity index (χ3v) is 17.4. The molecule has 0 aromatic rings. The second-order valence-corrected chi connectivity index (χ2v) is 27.8.